The highest BCUT2D eigenvalue weighted by Gasteiger charge is 2.24. The van der Waals surface area contributed by atoms with Crippen LogP contribution in [0.5, 0.6) is 0 Å². The van der Waals surface area contributed by atoms with Crippen molar-refractivity contribution in [2.24, 2.45) is 0 Å². The van der Waals surface area contributed by atoms with Gasteiger partial charge in [0.2, 0.25) is 0 Å². The number of carbonyl (C=O) groups is 1. The average Bonchev–Trinajstić information content (AvgIpc) is 2.42. The van der Waals surface area contributed by atoms with E-state index in [4.69, 9.17) is 5.11 Å². The minimum absolute atomic E-state index is 0.00287. The van der Waals surface area contributed by atoms with Gasteiger partial charge in [-0.15, -0.1) is 0 Å². The second-order valence-corrected chi connectivity index (χ2v) is 2.81. The van der Waals surface area contributed by atoms with Gasteiger partial charge < -0.3 is 5.11 Å². The fourth-order valence-electron chi connectivity index (χ4n) is 1.36. The first kappa shape index (κ1) is 7.27. The SMILES string of the molecule is O=C(O)c1cc2n(n1)CC(F)C2. The summed E-state index contributed by atoms with van der Waals surface area (Å²) in [6.45, 7) is 0.183. The number of rotatable bonds is 1. The Labute approximate surface area is 67.6 Å². The van der Waals surface area contributed by atoms with E-state index in [1.807, 2.05) is 0 Å². The molecule has 1 aromatic heterocycles. The molecule has 0 saturated carbocycles. The van der Waals surface area contributed by atoms with Gasteiger partial charge in [-0.2, -0.15) is 5.10 Å². The van der Waals surface area contributed by atoms with E-state index in [1.54, 1.807) is 0 Å². The number of carboxylic acids is 1. The standard InChI is InChI=1S/C7H7FN2O2/c8-4-1-5-2-6(7(11)12)9-10(5)3-4/h2,4H,1,3H2,(H,11,12). The smallest absolute Gasteiger partial charge is 0.356 e. The van der Waals surface area contributed by atoms with Crippen molar-refractivity contribution in [2.45, 2.75) is 19.1 Å². The van der Waals surface area contributed by atoms with E-state index in [-0.39, 0.29) is 18.7 Å². The maximum atomic E-state index is 12.7. The fourth-order valence-corrected chi connectivity index (χ4v) is 1.36. The van der Waals surface area contributed by atoms with Gasteiger partial charge in [-0.3, -0.25) is 4.68 Å². The van der Waals surface area contributed by atoms with Crippen molar-refractivity contribution in [3.8, 4) is 0 Å². The first-order valence-corrected chi connectivity index (χ1v) is 3.61. The number of aromatic carboxylic acids is 1. The Morgan fingerprint density at radius 1 is 1.83 bits per heavy atom. The number of hydrogen-bond acceptors (Lipinski definition) is 2. The molecule has 0 radical (unpaired) electrons. The lowest BCUT2D eigenvalue weighted by Crippen LogP contribution is -2.06. The number of alkyl halides is 1. The molecular weight excluding hydrogens is 163 g/mol. The van der Waals surface area contributed by atoms with Crippen molar-refractivity contribution in [3.63, 3.8) is 0 Å². The zero-order chi connectivity index (χ0) is 8.72. The monoisotopic (exact) mass is 170 g/mol. The number of halogens is 1. The summed E-state index contributed by atoms with van der Waals surface area (Å²) in [5.41, 5.74) is 0.664. The average molecular weight is 170 g/mol. The molecular formula is C7H7FN2O2. The molecule has 2 rings (SSSR count). The van der Waals surface area contributed by atoms with Crippen LogP contribution in [0.2, 0.25) is 0 Å². The van der Waals surface area contributed by atoms with Gasteiger partial charge in [0.1, 0.15) is 6.17 Å². The third-order valence-electron chi connectivity index (χ3n) is 1.88. The quantitative estimate of drug-likeness (QED) is 0.666. The zero-order valence-electron chi connectivity index (χ0n) is 6.20. The van der Waals surface area contributed by atoms with E-state index in [0.29, 0.717) is 5.69 Å². The predicted octanol–water partition coefficient (Wildman–Crippen LogP) is 0.475. The van der Waals surface area contributed by atoms with Crippen LogP contribution in [0, 0.1) is 0 Å². The van der Waals surface area contributed by atoms with Crippen LogP contribution in [0.15, 0.2) is 6.07 Å². The van der Waals surface area contributed by atoms with Crippen molar-refractivity contribution in [1.29, 1.82) is 0 Å². The van der Waals surface area contributed by atoms with Gasteiger partial charge >= 0.3 is 5.97 Å². The van der Waals surface area contributed by atoms with Crippen LogP contribution < -0.4 is 0 Å². The van der Waals surface area contributed by atoms with E-state index < -0.39 is 12.1 Å². The van der Waals surface area contributed by atoms with Crippen molar-refractivity contribution in [2.75, 3.05) is 0 Å². The molecule has 0 spiro atoms. The van der Waals surface area contributed by atoms with Gasteiger partial charge in [0.15, 0.2) is 5.69 Å². The van der Waals surface area contributed by atoms with Crippen LogP contribution in [0.1, 0.15) is 16.2 Å². The van der Waals surface area contributed by atoms with Gasteiger partial charge in [-0.1, -0.05) is 0 Å². The molecule has 1 N–H and O–H groups in total. The molecule has 2 heterocycles. The van der Waals surface area contributed by atoms with Crippen molar-refractivity contribution < 1.29 is 14.3 Å². The number of aromatic nitrogens is 2. The molecule has 4 nitrogen and oxygen atoms in total. The zero-order valence-corrected chi connectivity index (χ0v) is 6.20. The third-order valence-corrected chi connectivity index (χ3v) is 1.88. The lowest BCUT2D eigenvalue weighted by Gasteiger charge is -1.93. The van der Waals surface area contributed by atoms with E-state index in [1.165, 1.54) is 10.7 Å². The molecule has 1 unspecified atom stereocenters. The van der Waals surface area contributed by atoms with E-state index in [2.05, 4.69) is 5.10 Å². The number of hydrogen-bond donors (Lipinski definition) is 1. The van der Waals surface area contributed by atoms with Crippen LogP contribution >= 0.6 is 0 Å². The maximum Gasteiger partial charge on any atom is 0.356 e. The van der Waals surface area contributed by atoms with Crippen molar-refractivity contribution in [1.82, 2.24) is 9.78 Å². The third kappa shape index (κ3) is 0.975. The first-order valence-electron chi connectivity index (χ1n) is 3.61. The molecule has 64 valence electrons. The van der Waals surface area contributed by atoms with Gasteiger partial charge in [0.25, 0.3) is 0 Å². The van der Waals surface area contributed by atoms with Crippen LogP contribution in [-0.4, -0.2) is 27.0 Å². The summed E-state index contributed by atoms with van der Waals surface area (Å²) in [6, 6.07) is 1.42. The summed E-state index contributed by atoms with van der Waals surface area (Å²) in [5, 5.41) is 12.3. The van der Waals surface area contributed by atoms with Crippen molar-refractivity contribution >= 4 is 5.97 Å². The topological polar surface area (TPSA) is 55.1 Å². The summed E-state index contributed by atoms with van der Waals surface area (Å²) in [4.78, 5) is 10.4. The summed E-state index contributed by atoms with van der Waals surface area (Å²) in [6.07, 6.45) is -0.629. The summed E-state index contributed by atoms with van der Waals surface area (Å²) >= 11 is 0. The van der Waals surface area contributed by atoms with E-state index in [9.17, 15) is 9.18 Å². The van der Waals surface area contributed by atoms with Gasteiger partial charge in [-0.25, -0.2) is 9.18 Å². The van der Waals surface area contributed by atoms with Crippen LogP contribution in [-0.2, 0) is 13.0 Å². The number of carboxylic acid groups (broad SMARTS) is 1. The Hall–Kier alpha value is -1.39. The van der Waals surface area contributed by atoms with Gasteiger partial charge in [-0.05, 0) is 6.07 Å². The maximum absolute atomic E-state index is 12.7. The highest BCUT2D eigenvalue weighted by atomic mass is 19.1. The first-order chi connectivity index (χ1) is 5.66. The Kier molecular flexibility index (Phi) is 1.39. The normalized spacial score (nSPS) is 20.9. The molecule has 0 saturated heterocycles. The molecule has 0 fully saturated rings. The highest BCUT2D eigenvalue weighted by molar-refractivity contribution is 5.85. The molecule has 5 heteroatoms. The molecule has 1 aliphatic rings. The molecule has 1 atom stereocenters. The molecule has 0 bridgehead atoms. The lowest BCUT2D eigenvalue weighted by molar-refractivity contribution is 0.0689. The van der Waals surface area contributed by atoms with E-state index >= 15 is 0 Å². The number of fused-ring (bicyclic) bond motifs is 1. The highest BCUT2D eigenvalue weighted by Crippen LogP contribution is 2.17. The summed E-state index contributed by atoms with van der Waals surface area (Å²) in [5.74, 6) is -1.06. The molecule has 0 amide bonds. The molecule has 12 heavy (non-hydrogen) atoms. The molecule has 1 aliphatic heterocycles. The predicted molar refractivity (Wildman–Crippen MR) is 37.8 cm³/mol. The Morgan fingerprint density at radius 3 is 3.17 bits per heavy atom. The Bertz CT molecular complexity index is 311. The number of nitrogens with zero attached hydrogens (tertiary/aromatic N) is 2. The van der Waals surface area contributed by atoms with Gasteiger partial charge in [0, 0.05) is 12.1 Å². The minimum Gasteiger partial charge on any atom is -0.476 e. The summed E-state index contributed by atoms with van der Waals surface area (Å²) < 4.78 is 14.1. The summed E-state index contributed by atoms with van der Waals surface area (Å²) in [7, 11) is 0. The minimum atomic E-state index is -1.06. The second kappa shape index (κ2) is 2.30. The van der Waals surface area contributed by atoms with E-state index in [0.717, 1.165) is 0 Å². The van der Waals surface area contributed by atoms with Crippen LogP contribution in [0.3, 0.4) is 0 Å². The Morgan fingerprint density at radius 2 is 2.58 bits per heavy atom. The van der Waals surface area contributed by atoms with Crippen molar-refractivity contribution in [3.05, 3.63) is 17.5 Å². The Balaban J connectivity index is 2.34. The second-order valence-electron chi connectivity index (χ2n) is 2.81. The molecule has 0 aliphatic carbocycles. The van der Waals surface area contributed by atoms with Crippen LogP contribution in [0.25, 0.3) is 0 Å². The molecule has 1 aromatic rings. The largest absolute Gasteiger partial charge is 0.476 e. The van der Waals surface area contributed by atoms with Crippen LogP contribution in [0.4, 0.5) is 4.39 Å². The van der Waals surface area contributed by atoms with Gasteiger partial charge in [0.05, 0.1) is 6.54 Å². The molecule has 0 aromatic carbocycles. The lowest BCUT2D eigenvalue weighted by atomic mass is 10.2. The fraction of sp³-hybridized carbons (Fsp3) is 0.429.